The normalized spacial score (nSPS) is 10.0. The van der Waals surface area contributed by atoms with E-state index in [2.05, 4.69) is 4.98 Å². The third-order valence-corrected chi connectivity index (χ3v) is 2.00. The quantitative estimate of drug-likeness (QED) is 0.425. The predicted molar refractivity (Wildman–Crippen MR) is 56.0 cm³/mol. The van der Waals surface area contributed by atoms with Crippen molar-refractivity contribution < 1.29 is 9.66 Å². The molecule has 1 rings (SSSR count). The lowest BCUT2D eigenvalue weighted by atomic mass is 10.2. The predicted octanol–water partition coefficient (Wildman–Crippen LogP) is 2.48. The second-order valence-corrected chi connectivity index (χ2v) is 3.26. The zero-order valence-electron chi connectivity index (χ0n) is 8.90. The maximum Gasteiger partial charge on any atom is 0.316 e. The molecule has 5 heteroatoms. The second kappa shape index (κ2) is 5.29. The van der Waals surface area contributed by atoms with Crippen LogP contribution in [0.4, 0.5) is 5.69 Å². The zero-order valence-corrected chi connectivity index (χ0v) is 8.90. The first kappa shape index (κ1) is 11.4. The molecule has 0 radical (unpaired) electrons. The van der Waals surface area contributed by atoms with Gasteiger partial charge < -0.3 is 4.74 Å². The molecule has 0 N–H and O–H groups in total. The Morgan fingerprint density at radius 1 is 1.53 bits per heavy atom. The second-order valence-electron chi connectivity index (χ2n) is 3.26. The molecule has 0 unspecified atom stereocenters. The number of hydrogen-bond acceptors (Lipinski definition) is 4. The van der Waals surface area contributed by atoms with Crippen LogP contribution in [0.1, 0.15) is 25.3 Å². The smallest absolute Gasteiger partial charge is 0.316 e. The minimum absolute atomic E-state index is 0.0149. The van der Waals surface area contributed by atoms with Crippen LogP contribution in [-0.4, -0.2) is 16.5 Å². The molecule has 5 nitrogen and oxygen atoms in total. The lowest BCUT2D eigenvalue weighted by molar-refractivity contribution is -0.386. The summed E-state index contributed by atoms with van der Waals surface area (Å²) in [7, 11) is 0. The molecule has 0 atom stereocenters. The molecule has 15 heavy (non-hydrogen) atoms. The lowest BCUT2D eigenvalue weighted by Crippen LogP contribution is -2.02. The minimum atomic E-state index is -0.432. The van der Waals surface area contributed by atoms with Crippen LogP contribution in [0, 0.1) is 17.0 Å². The maximum atomic E-state index is 10.8. The van der Waals surface area contributed by atoms with Gasteiger partial charge >= 0.3 is 5.69 Å². The van der Waals surface area contributed by atoms with Crippen molar-refractivity contribution in [2.45, 2.75) is 26.7 Å². The molecule has 0 aromatic carbocycles. The standard InChI is InChI=1S/C10H14N2O3/c1-3-4-5-15-9-7-11-6-8(2)10(9)12(13)14/h6-7H,3-5H2,1-2H3. The molecule has 0 amide bonds. The molecule has 1 aromatic rings. The molecule has 0 fully saturated rings. The maximum absolute atomic E-state index is 10.8. The van der Waals surface area contributed by atoms with Gasteiger partial charge in [0.2, 0.25) is 5.75 Å². The number of nitro groups is 1. The first-order valence-electron chi connectivity index (χ1n) is 4.88. The van der Waals surface area contributed by atoms with Crippen molar-refractivity contribution in [1.29, 1.82) is 0 Å². The molecule has 0 aliphatic heterocycles. The van der Waals surface area contributed by atoms with Crippen LogP contribution in [0.15, 0.2) is 12.4 Å². The molecule has 82 valence electrons. The summed E-state index contributed by atoms with van der Waals surface area (Å²) in [6, 6.07) is 0. The summed E-state index contributed by atoms with van der Waals surface area (Å²) < 4.78 is 5.32. The Labute approximate surface area is 88.2 Å². The highest BCUT2D eigenvalue weighted by atomic mass is 16.6. The van der Waals surface area contributed by atoms with Crippen molar-refractivity contribution in [3.8, 4) is 5.75 Å². The number of nitrogens with zero attached hydrogens (tertiary/aromatic N) is 2. The van der Waals surface area contributed by atoms with E-state index < -0.39 is 4.92 Å². The molecular weight excluding hydrogens is 196 g/mol. The van der Waals surface area contributed by atoms with E-state index in [1.807, 2.05) is 6.92 Å². The van der Waals surface area contributed by atoms with E-state index in [9.17, 15) is 10.1 Å². The van der Waals surface area contributed by atoms with E-state index >= 15 is 0 Å². The monoisotopic (exact) mass is 210 g/mol. The van der Waals surface area contributed by atoms with Crippen LogP contribution in [-0.2, 0) is 0 Å². The Bertz CT molecular complexity index is 353. The average Bonchev–Trinajstić information content (AvgIpc) is 2.17. The van der Waals surface area contributed by atoms with Gasteiger partial charge in [-0.1, -0.05) is 13.3 Å². The van der Waals surface area contributed by atoms with E-state index in [1.165, 1.54) is 12.4 Å². The van der Waals surface area contributed by atoms with Crippen LogP contribution >= 0.6 is 0 Å². The Morgan fingerprint density at radius 3 is 2.87 bits per heavy atom. The summed E-state index contributed by atoms with van der Waals surface area (Å²) >= 11 is 0. The summed E-state index contributed by atoms with van der Waals surface area (Å²) in [4.78, 5) is 14.2. The number of rotatable bonds is 5. The van der Waals surface area contributed by atoms with Gasteiger partial charge in [-0.25, -0.2) is 0 Å². The fourth-order valence-electron chi connectivity index (χ4n) is 1.20. The molecule has 1 heterocycles. The highest BCUT2D eigenvalue weighted by Crippen LogP contribution is 2.28. The first-order valence-corrected chi connectivity index (χ1v) is 4.88. The summed E-state index contributed by atoms with van der Waals surface area (Å²) in [5, 5.41) is 10.8. The van der Waals surface area contributed by atoms with Crippen molar-refractivity contribution in [2.75, 3.05) is 6.61 Å². The van der Waals surface area contributed by atoms with Gasteiger partial charge in [-0.15, -0.1) is 0 Å². The molecular formula is C10H14N2O3. The number of ether oxygens (including phenoxy) is 1. The van der Waals surface area contributed by atoms with Crippen LogP contribution < -0.4 is 4.74 Å². The molecule has 0 saturated carbocycles. The number of aryl methyl sites for hydroxylation is 1. The highest BCUT2D eigenvalue weighted by Gasteiger charge is 2.18. The van der Waals surface area contributed by atoms with Gasteiger partial charge in [0, 0.05) is 11.8 Å². The van der Waals surface area contributed by atoms with E-state index in [4.69, 9.17) is 4.74 Å². The summed E-state index contributed by atoms with van der Waals surface area (Å²) in [5.41, 5.74) is 0.537. The van der Waals surface area contributed by atoms with Crippen LogP contribution in [0.25, 0.3) is 0 Å². The summed E-state index contributed by atoms with van der Waals surface area (Å²) in [6.07, 6.45) is 4.73. The summed E-state index contributed by atoms with van der Waals surface area (Å²) in [5.74, 6) is 0.258. The third kappa shape index (κ3) is 2.90. The Balaban J connectivity index is 2.86. The fraction of sp³-hybridized carbons (Fsp3) is 0.500. The number of hydrogen-bond donors (Lipinski definition) is 0. The van der Waals surface area contributed by atoms with Gasteiger partial charge in [0.1, 0.15) is 0 Å². The van der Waals surface area contributed by atoms with Crippen molar-refractivity contribution >= 4 is 5.69 Å². The number of unbranched alkanes of at least 4 members (excludes halogenated alkanes) is 1. The highest BCUT2D eigenvalue weighted by molar-refractivity contribution is 5.49. The molecule has 1 aromatic heterocycles. The first-order chi connectivity index (χ1) is 7.16. The third-order valence-electron chi connectivity index (χ3n) is 2.00. The molecule has 0 bridgehead atoms. The minimum Gasteiger partial charge on any atom is -0.486 e. The molecule has 0 aliphatic carbocycles. The Kier molecular flexibility index (Phi) is 4.03. The largest absolute Gasteiger partial charge is 0.486 e. The van der Waals surface area contributed by atoms with Crippen molar-refractivity contribution in [1.82, 2.24) is 4.98 Å². The van der Waals surface area contributed by atoms with Gasteiger partial charge in [0.05, 0.1) is 17.7 Å². The van der Waals surface area contributed by atoms with E-state index in [1.54, 1.807) is 6.92 Å². The number of aromatic nitrogens is 1. The van der Waals surface area contributed by atoms with Gasteiger partial charge in [-0.3, -0.25) is 15.1 Å². The van der Waals surface area contributed by atoms with Gasteiger partial charge in [-0.2, -0.15) is 0 Å². The van der Waals surface area contributed by atoms with Crippen molar-refractivity contribution in [3.05, 3.63) is 28.1 Å². The van der Waals surface area contributed by atoms with E-state index in [-0.39, 0.29) is 11.4 Å². The molecule has 0 saturated heterocycles. The van der Waals surface area contributed by atoms with Crippen molar-refractivity contribution in [3.63, 3.8) is 0 Å². The Morgan fingerprint density at radius 2 is 2.27 bits per heavy atom. The number of pyridine rings is 1. The van der Waals surface area contributed by atoms with Crippen LogP contribution in [0.3, 0.4) is 0 Å². The SMILES string of the molecule is CCCCOc1cncc(C)c1[N+](=O)[O-]. The van der Waals surface area contributed by atoms with Gasteiger partial charge in [0.25, 0.3) is 0 Å². The van der Waals surface area contributed by atoms with Crippen LogP contribution in [0.2, 0.25) is 0 Å². The topological polar surface area (TPSA) is 65.3 Å². The summed E-state index contributed by atoms with van der Waals surface area (Å²) in [6.45, 7) is 4.17. The molecule has 0 spiro atoms. The van der Waals surface area contributed by atoms with E-state index in [0.717, 1.165) is 12.8 Å². The van der Waals surface area contributed by atoms with E-state index in [0.29, 0.717) is 12.2 Å². The Hall–Kier alpha value is -1.65. The molecule has 0 aliphatic rings. The van der Waals surface area contributed by atoms with Crippen molar-refractivity contribution in [2.24, 2.45) is 0 Å². The zero-order chi connectivity index (χ0) is 11.3. The fourth-order valence-corrected chi connectivity index (χ4v) is 1.20. The van der Waals surface area contributed by atoms with Gasteiger partial charge in [-0.05, 0) is 13.3 Å². The lowest BCUT2D eigenvalue weighted by Gasteiger charge is -2.06. The van der Waals surface area contributed by atoms with Gasteiger partial charge in [0.15, 0.2) is 0 Å². The average molecular weight is 210 g/mol. The van der Waals surface area contributed by atoms with Crippen LogP contribution in [0.5, 0.6) is 5.75 Å².